The van der Waals surface area contributed by atoms with Gasteiger partial charge in [-0.15, -0.1) is 0 Å². The van der Waals surface area contributed by atoms with Gasteiger partial charge in [-0.25, -0.2) is 13.2 Å². The summed E-state index contributed by atoms with van der Waals surface area (Å²) in [4.78, 5) is 28.6. The minimum atomic E-state index is -2.98. The second-order valence-corrected chi connectivity index (χ2v) is 9.24. The SMILES string of the molecule is COc1cccc(N2CCN(C(=O)NC3CCS(=O)(=O)CC3)C(C)C2=O)c1. The maximum absolute atomic E-state index is 12.8. The number of piperazine rings is 1. The molecule has 2 heterocycles. The van der Waals surface area contributed by atoms with Gasteiger partial charge >= 0.3 is 6.03 Å². The molecule has 0 aliphatic carbocycles. The molecule has 2 aliphatic heterocycles. The Balaban J connectivity index is 1.63. The Morgan fingerprint density at radius 3 is 2.59 bits per heavy atom. The number of carbonyl (C=O) groups is 2. The van der Waals surface area contributed by atoms with E-state index in [4.69, 9.17) is 4.74 Å². The molecule has 27 heavy (non-hydrogen) atoms. The highest BCUT2D eigenvalue weighted by Crippen LogP contribution is 2.24. The largest absolute Gasteiger partial charge is 0.497 e. The van der Waals surface area contributed by atoms with Gasteiger partial charge < -0.3 is 19.9 Å². The molecule has 0 saturated carbocycles. The topological polar surface area (TPSA) is 96.0 Å². The van der Waals surface area contributed by atoms with E-state index in [-0.39, 0.29) is 29.5 Å². The number of nitrogens with one attached hydrogen (secondary N) is 1. The van der Waals surface area contributed by atoms with Crippen LogP contribution in [0.15, 0.2) is 24.3 Å². The zero-order valence-electron chi connectivity index (χ0n) is 15.6. The zero-order chi connectivity index (χ0) is 19.6. The number of ether oxygens (including phenoxy) is 1. The molecule has 2 fully saturated rings. The van der Waals surface area contributed by atoms with Gasteiger partial charge in [-0.05, 0) is 31.9 Å². The monoisotopic (exact) mass is 395 g/mol. The Hall–Kier alpha value is -2.29. The van der Waals surface area contributed by atoms with E-state index >= 15 is 0 Å². The summed E-state index contributed by atoms with van der Waals surface area (Å²) in [7, 11) is -1.40. The Kier molecular flexibility index (Phi) is 5.59. The minimum absolute atomic E-state index is 0.0933. The third-order valence-corrected chi connectivity index (χ3v) is 6.88. The Morgan fingerprint density at radius 2 is 1.93 bits per heavy atom. The van der Waals surface area contributed by atoms with Gasteiger partial charge in [-0.3, -0.25) is 4.79 Å². The lowest BCUT2D eigenvalue weighted by Gasteiger charge is -2.39. The first-order chi connectivity index (χ1) is 12.8. The number of methoxy groups -OCH3 is 1. The van der Waals surface area contributed by atoms with Crippen LogP contribution in [-0.4, -0.2) is 69.0 Å². The molecule has 0 aromatic heterocycles. The quantitative estimate of drug-likeness (QED) is 0.824. The van der Waals surface area contributed by atoms with Gasteiger partial charge in [-0.1, -0.05) is 6.07 Å². The summed E-state index contributed by atoms with van der Waals surface area (Å²) < 4.78 is 28.2. The summed E-state index contributed by atoms with van der Waals surface area (Å²) in [5.41, 5.74) is 0.740. The number of hydrogen-bond donors (Lipinski definition) is 1. The average Bonchev–Trinajstić information content (AvgIpc) is 2.65. The van der Waals surface area contributed by atoms with Gasteiger partial charge in [0.05, 0.1) is 18.6 Å². The first kappa shape index (κ1) is 19.5. The van der Waals surface area contributed by atoms with Gasteiger partial charge in [0.1, 0.15) is 21.6 Å². The smallest absolute Gasteiger partial charge is 0.318 e. The lowest BCUT2D eigenvalue weighted by atomic mass is 10.1. The maximum Gasteiger partial charge on any atom is 0.318 e. The van der Waals surface area contributed by atoms with Crippen LogP contribution in [0, 0.1) is 0 Å². The second kappa shape index (κ2) is 7.75. The predicted molar refractivity (Wildman–Crippen MR) is 102 cm³/mol. The lowest BCUT2D eigenvalue weighted by molar-refractivity contribution is -0.124. The van der Waals surface area contributed by atoms with Crippen molar-refractivity contribution in [3.63, 3.8) is 0 Å². The van der Waals surface area contributed by atoms with Crippen LogP contribution in [0.1, 0.15) is 19.8 Å². The fraction of sp³-hybridized carbons (Fsp3) is 0.556. The summed E-state index contributed by atoms with van der Waals surface area (Å²) in [6.07, 6.45) is 0.834. The predicted octanol–water partition coefficient (Wildman–Crippen LogP) is 1.02. The van der Waals surface area contributed by atoms with E-state index in [1.807, 2.05) is 18.2 Å². The van der Waals surface area contributed by atoms with Crippen LogP contribution < -0.4 is 15.0 Å². The fourth-order valence-corrected chi connectivity index (χ4v) is 4.97. The number of carbonyl (C=O) groups excluding carboxylic acids is 2. The molecule has 8 nitrogen and oxygen atoms in total. The Bertz CT molecular complexity index is 812. The molecule has 1 aromatic carbocycles. The van der Waals surface area contributed by atoms with Crippen LogP contribution >= 0.6 is 0 Å². The van der Waals surface area contributed by atoms with Crippen molar-refractivity contribution in [3.8, 4) is 5.75 Å². The van der Waals surface area contributed by atoms with E-state index in [2.05, 4.69) is 5.32 Å². The molecule has 2 aliphatic rings. The number of benzene rings is 1. The number of nitrogens with zero attached hydrogens (tertiary/aromatic N) is 2. The first-order valence-corrected chi connectivity index (χ1v) is 10.9. The fourth-order valence-electron chi connectivity index (χ4n) is 3.47. The van der Waals surface area contributed by atoms with Crippen molar-refractivity contribution in [2.75, 3.05) is 36.6 Å². The molecule has 0 spiro atoms. The average molecular weight is 395 g/mol. The van der Waals surface area contributed by atoms with E-state index in [1.54, 1.807) is 25.0 Å². The standard InChI is InChI=1S/C18H25N3O5S/c1-13-17(22)21(15-4-3-5-16(12-15)26-2)9-8-20(13)18(23)19-14-6-10-27(24,25)11-7-14/h3-5,12-14H,6-11H2,1-2H3,(H,19,23). The number of sulfone groups is 1. The lowest BCUT2D eigenvalue weighted by Crippen LogP contribution is -2.61. The van der Waals surface area contributed by atoms with Gasteiger partial charge in [0, 0.05) is 30.9 Å². The Morgan fingerprint density at radius 1 is 1.22 bits per heavy atom. The van der Waals surface area contributed by atoms with Crippen molar-refractivity contribution in [1.82, 2.24) is 10.2 Å². The summed E-state index contributed by atoms with van der Waals surface area (Å²) in [5, 5.41) is 2.88. The van der Waals surface area contributed by atoms with E-state index in [9.17, 15) is 18.0 Å². The summed E-state index contributed by atoms with van der Waals surface area (Å²) in [6, 6.07) is 6.18. The van der Waals surface area contributed by atoms with Crippen molar-refractivity contribution in [1.29, 1.82) is 0 Å². The molecule has 2 saturated heterocycles. The second-order valence-electron chi connectivity index (χ2n) is 6.94. The van der Waals surface area contributed by atoms with E-state index in [0.29, 0.717) is 31.7 Å². The highest BCUT2D eigenvalue weighted by Gasteiger charge is 2.36. The number of hydrogen-bond acceptors (Lipinski definition) is 5. The molecule has 1 atom stereocenters. The number of amides is 3. The van der Waals surface area contributed by atoms with Crippen LogP contribution in [0.3, 0.4) is 0 Å². The molecular weight excluding hydrogens is 370 g/mol. The van der Waals surface area contributed by atoms with Gasteiger partial charge in [0.2, 0.25) is 5.91 Å². The van der Waals surface area contributed by atoms with E-state index < -0.39 is 15.9 Å². The first-order valence-electron chi connectivity index (χ1n) is 9.04. The molecule has 148 valence electrons. The van der Waals surface area contributed by atoms with Gasteiger partial charge in [0.15, 0.2) is 0 Å². The molecule has 1 N–H and O–H groups in total. The third kappa shape index (κ3) is 4.35. The molecular formula is C18H25N3O5S. The van der Waals surface area contributed by atoms with Gasteiger partial charge in [-0.2, -0.15) is 0 Å². The van der Waals surface area contributed by atoms with Crippen LogP contribution in [-0.2, 0) is 14.6 Å². The molecule has 0 bridgehead atoms. The van der Waals surface area contributed by atoms with Crippen molar-refractivity contribution in [2.45, 2.75) is 31.8 Å². The number of anilines is 1. The summed E-state index contributed by atoms with van der Waals surface area (Å²) in [5.74, 6) is 0.697. The number of rotatable bonds is 3. The molecule has 9 heteroatoms. The molecule has 1 unspecified atom stereocenters. The maximum atomic E-state index is 12.8. The van der Waals surface area contributed by atoms with Crippen LogP contribution in [0.2, 0.25) is 0 Å². The van der Waals surface area contributed by atoms with Crippen LogP contribution in [0.5, 0.6) is 5.75 Å². The van der Waals surface area contributed by atoms with Crippen molar-refractivity contribution in [2.24, 2.45) is 0 Å². The van der Waals surface area contributed by atoms with Crippen molar-refractivity contribution < 1.29 is 22.7 Å². The van der Waals surface area contributed by atoms with E-state index in [0.717, 1.165) is 5.69 Å². The van der Waals surface area contributed by atoms with Crippen molar-refractivity contribution in [3.05, 3.63) is 24.3 Å². The van der Waals surface area contributed by atoms with E-state index in [1.165, 1.54) is 4.90 Å². The van der Waals surface area contributed by atoms with Crippen molar-refractivity contribution >= 4 is 27.5 Å². The number of urea groups is 1. The van der Waals surface area contributed by atoms with Crippen LogP contribution in [0.4, 0.5) is 10.5 Å². The molecule has 3 amide bonds. The molecule has 1 aromatic rings. The highest BCUT2D eigenvalue weighted by molar-refractivity contribution is 7.91. The molecule has 3 rings (SSSR count). The van der Waals surface area contributed by atoms with Crippen LogP contribution in [0.25, 0.3) is 0 Å². The minimum Gasteiger partial charge on any atom is -0.497 e. The molecule has 0 radical (unpaired) electrons. The summed E-state index contributed by atoms with van der Waals surface area (Å²) in [6.45, 7) is 2.50. The normalized spacial score (nSPS) is 23.2. The van der Waals surface area contributed by atoms with Gasteiger partial charge in [0.25, 0.3) is 0 Å². The third-order valence-electron chi connectivity index (χ3n) is 5.16. The zero-order valence-corrected chi connectivity index (χ0v) is 16.4. The Labute approximate surface area is 159 Å². The summed E-state index contributed by atoms with van der Waals surface area (Å²) >= 11 is 0. The highest BCUT2D eigenvalue weighted by atomic mass is 32.2.